The second-order valence-corrected chi connectivity index (χ2v) is 7.49. The van der Waals surface area contributed by atoms with E-state index in [0.717, 1.165) is 0 Å². The van der Waals surface area contributed by atoms with E-state index in [4.69, 9.17) is 4.74 Å². The van der Waals surface area contributed by atoms with E-state index in [1.165, 1.54) is 23.9 Å². The van der Waals surface area contributed by atoms with Crippen LogP contribution in [0.4, 0.5) is 10.1 Å². The molecule has 1 aliphatic carbocycles. The largest absolute Gasteiger partial charge is 0.390 e. The predicted molar refractivity (Wildman–Crippen MR) is 97.6 cm³/mol. The lowest BCUT2D eigenvalue weighted by atomic mass is 9.81. The quantitative estimate of drug-likeness (QED) is 0.555. The fourth-order valence-electron chi connectivity index (χ4n) is 3.17. The lowest BCUT2D eigenvalue weighted by molar-refractivity contribution is -0.129. The number of nitrogens with one attached hydrogen (secondary N) is 2. The molecular weight excluding hydrogens is 361 g/mol. The zero-order valence-electron chi connectivity index (χ0n) is 14.3. The number of benzene rings is 1. The molecule has 1 aliphatic heterocycles. The molecule has 7 nitrogen and oxygen atoms in total. The zero-order chi connectivity index (χ0) is 18.7. The Bertz CT molecular complexity index is 672. The van der Waals surface area contributed by atoms with Gasteiger partial charge in [-0.25, -0.2) is 4.39 Å². The molecule has 0 aromatic heterocycles. The van der Waals surface area contributed by atoms with Crippen molar-refractivity contribution in [2.75, 3.05) is 25.6 Å². The number of hydrogen-bond acceptors (Lipinski definition) is 7. The molecule has 142 valence electrons. The molecule has 1 saturated carbocycles. The summed E-state index contributed by atoms with van der Waals surface area (Å²) in [4.78, 5) is 16.9. The molecule has 26 heavy (non-hydrogen) atoms. The monoisotopic (exact) mass is 383 g/mol. The Labute approximate surface area is 155 Å². The van der Waals surface area contributed by atoms with Crippen LogP contribution in [0.15, 0.2) is 29.3 Å². The van der Waals surface area contributed by atoms with Crippen molar-refractivity contribution in [3.05, 3.63) is 30.1 Å². The highest BCUT2D eigenvalue weighted by molar-refractivity contribution is 8.15. The highest BCUT2D eigenvalue weighted by atomic mass is 32.2. The Morgan fingerprint density at radius 2 is 2.12 bits per heavy atom. The summed E-state index contributed by atoms with van der Waals surface area (Å²) in [6.07, 6.45) is -1.86. The number of aliphatic hydroxyl groups is 2. The van der Waals surface area contributed by atoms with Crippen molar-refractivity contribution in [3.63, 3.8) is 0 Å². The van der Waals surface area contributed by atoms with E-state index in [-0.39, 0.29) is 23.4 Å². The molecule has 1 amide bonds. The standard InChI is InChI=1S/C17H22FN3O4S/c1-25-7-6-19-16(24)11-8-12(22)14(23)13-15(11)26-17(21-13)20-10-4-2-9(18)3-5-10/h2-5,11-15,22-23H,6-8H2,1H3,(H,19,24)(H,20,21). The van der Waals surface area contributed by atoms with Gasteiger partial charge in [0.2, 0.25) is 5.91 Å². The first-order chi connectivity index (χ1) is 12.5. The molecule has 0 bridgehead atoms. The summed E-state index contributed by atoms with van der Waals surface area (Å²) in [6.45, 7) is 0.785. The van der Waals surface area contributed by atoms with Gasteiger partial charge < -0.3 is 25.6 Å². The summed E-state index contributed by atoms with van der Waals surface area (Å²) >= 11 is 1.36. The number of aliphatic hydroxyl groups excluding tert-OH is 2. The minimum Gasteiger partial charge on any atom is -0.390 e. The molecule has 1 heterocycles. The minimum absolute atomic E-state index is 0.174. The number of aliphatic imine (C=N–C) groups is 1. The van der Waals surface area contributed by atoms with Crippen LogP contribution in [0.2, 0.25) is 0 Å². The van der Waals surface area contributed by atoms with Crippen molar-refractivity contribution < 1.29 is 24.1 Å². The summed E-state index contributed by atoms with van der Waals surface area (Å²) in [5.41, 5.74) is 0.660. The Hall–Kier alpha value is -1.68. The number of thioether (sulfide) groups is 1. The number of anilines is 1. The predicted octanol–water partition coefficient (Wildman–Crippen LogP) is 0.582. The molecule has 1 fully saturated rings. The second-order valence-electron chi connectivity index (χ2n) is 6.32. The van der Waals surface area contributed by atoms with Crippen molar-refractivity contribution in [1.29, 1.82) is 0 Å². The van der Waals surface area contributed by atoms with Crippen LogP contribution >= 0.6 is 11.8 Å². The molecule has 2 aliphatic rings. The van der Waals surface area contributed by atoms with Gasteiger partial charge in [0.1, 0.15) is 11.9 Å². The third kappa shape index (κ3) is 4.17. The van der Waals surface area contributed by atoms with Gasteiger partial charge >= 0.3 is 0 Å². The average Bonchev–Trinajstić information content (AvgIpc) is 3.04. The Morgan fingerprint density at radius 1 is 1.38 bits per heavy atom. The van der Waals surface area contributed by atoms with Gasteiger partial charge in [0.25, 0.3) is 0 Å². The molecule has 5 atom stereocenters. The maximum absolute atomic E-state index is 13.0. The summed E-state index contributed by atoms with van der Waals surface area (Å²) < 4.78 is 18.0. The summed E-state index contributed by atoms with van der Waals surface area (Å²) in [6, 6.07) is 5.26. The first-order valence-electron chi connectivity index (χ1n) is 8.39. The number of carbonyl (C=O) groups is 1. The molecule has 0 saturated heterocycles. The van der Waals surface area contributed by atoms with Crippen molar-refractivity contribution >= 4 is 28.5 Å². The summed E-state index contributed by atoms with van der Waals surface area (Å²) in [7, 11) is 1.55. The van der Waals surface area contributed by atoms with Gasteiger partial charge in [-0.2, -0.15) is 0 Å². The van der Waals surface area contributed by atoms with Crippen LogP contribution in [0, 0.1) is 11.7 Å². The molecule has 0 spiro atoms. The van der Waals surface area contributed by atoms with Crippen molar-refractivity contribution in [1.82, 2.24) is 5.32 Å². The Balaban J connectivity index is 1.70. The average molecular weight is 383 g/mol. The highest BCUT2D eigenvalue weighted by Crippen LogP contribution is 2.41. The van der Waals surface area contributed by atoms with Gasteiger partial charge in [-0.15, -0.1) is 0 Å². The number of nitrogens with zero attached hydrogens (tertiary/aromatic N) is 1. The molecule has 1 aromatic carbocycles. The lowest BCUT2D eigenvalue weighted by Gasteiger charge is -2.37. The van der Waals surface area contributed by atoms with Crippen LogP contribution in [-0.4, -0.2) is 65.0 Å². The van der Waals surface area contributed by atoms with Crippen LogP contribution in [0.25, 0.3) is 0 Å². The molecule has 0 radical (unpaired) electrons. The van der Waals surface area contributed by atoms with E-state index < -0.39 is 24.2 Å². The molecule has 5 unspecified atom stereocenters. The van der Waals surface area contributed by atoms with E-state index in [1.54, 1.807) is 19.2 Å². The molecule has 9 heteroatoms. The lowest BCUT2D eigenvalue weighted by Crippen LogP contribution is -2.54. The van der Waals surface area contributed by atoms with Crippen LogP contribution < -0.4 is 10.6 Å². The molecular formula is C17H22FN3O4S. The summed E-state index contributed by atoms with van der Waals surface area (Å²) in [5, 5.41) is 26.5. The van der Waals surface area contributed by atoms with Gasteiger partial charge in [0, 0.05) is 24.6 Å². The molecule has 4 N–H and O–H groups in total. The van der Waals surface area contributed by atoms with Crippen molar-refractivity contribution in [2.45, 2.75) is 29.9 Å². The van der Waals surface area contributed by atoms with E-state index in [9.17, 15) is 19.4 Å². The number of halogens is 1. The maximum atomic E-state index is 13.0. The number of hydrogen-bond donors (Lipinski definition) is 4. The van der Waals surface area contributed by atoms with E-state index in [0.29, 0.717) is 24.0 Å². The Morgan fingerprint density at radius 3 is 2.81 bits per heavy atom. The SMILES string of the molecule is COCCNC(=O)C1CC(O)C(O)C2N=C(Nc3ccc(F)cc3)SC12. The number of carbonyl (C=O) groups excluding carboxylic acids is 1. The van der Waals surface area contributed by atoms with E-state index in [2.05, 4.69) is 15.6 Å². The fraction of sp³-hybridized carbons (Fsp3) is 0.529. The van der Waals surface area contributed by atoms with Crippen molar-refractivity contribution in [3.8, 4) is 0 Å². The highest BCUT2D eigenvalue weighted by Gasteiger charge is 2.50. The summed E-state index contributed by atoms with van der Waals surface area (Å²) in [5.74, 6) is -0.998. The molecule has 1 aromatic rings. The van der Waals surface area contributed by atoms with Gasteiger partial charge in [0.05, 0.1) is 24.7 Å². The number of methoxy groups -OCH3 is 1. The number of fused-ring (bicyclic) bond motifs is 1. The van der Waals surface area contributed by atoms with Gasteiger partial charge in [-0.05, 0) is 30.7 Å². The van der Waals surface area contributed by atoms with Crippen molar-refractivity contribution in [2.24, 2.45) is 10.9 Å². The molecule has 3 rings (SSSR count). The van der Waals surface area contributed by atoms with E-state index in [1.807, 2.05) is 0 Å². The number of amides is 1. The van der Waals surface area contributed by atoms with Gasteiger partial charge in [-0.1, -0.05) is 11.8 Å². The van der Waals surface area contributed by atoms with Crippen LogP contribution in [0.1, 0.15) is 6.42 Å². The second kappa shape index (κ2) is 8.34. The smallest absolute Gasteiger partial charge is 0.224 e. The number of amidine groups is 1. The van der Waals surface area contributed by atoms with Crippen LogP contribution in [0.5, 0.6) is 0 Å². The number of rotatable bonds is 5. The first kappa shape index (κ1) is 19.1. The van der Waals surface area contributed by atoms with Gasteiger partial charge in [0.15, 0.2) is 5.17 Å². The third-order valence-electron chi connectivity index (χ3n) is 4.52. The fourth-order valence-corrected chi connectivity index (χ4v) is 4.55. The van der Waals surface area contributed by atoms with Crippen LogP contribution in [-0.2, 0) is 9.53 Å². The zero-order valence-corrected chi connectivity index (χ0v) is 15.1. The Kier molecular flexibility index (Phi) is 6.13. The first-order valence-corrected chi connectivity index (χ1v) is 9.27. The number of ether oxygens (including phenoxy) is 1. The minimum atomic E-state index is -1.02. The van der Waals surface area contributed by atoms with E-state index >= 15 is 0 Å². The third-order valence-corrected chi connectivity index (χ3v) is 5.83. The maximum Gasteiger partial charge on any atom is 0.224 e. The van der Waals surface area contributed by atoms with Crippen LogP contribution in [0.3, 0.4) is 0 Å². The normalized spacial score (nSPS) is 30.5. The topological polar surface area (TPSA) is 103 Å². The van der Waals surface area contributed by atoms with Gasteiger partial charge in [-0.3, -0.25) is 9.79 Å².